The number of thiazole rings is 1. The Labute approximate surface area is 178 Å². The Hall–Kier alpha value is -3.06. The molecule has 7 heteroatoms. The number of ether oxygens (including phenoxy) is 1. The molecule has 0 saturated carbocycles. The van der Waals surface area contributed by atoms with Crippen LogP contribution in [0.5, 0.6) is 11.5 Å². The lowest BCUT2D eigenvalue weighted by Gasteiger charge is -2.06. The second-order valence-electron chi connectivity index (χ2n) is 7.04. The molecule has 0 unspecified atom stereocenters. The van der Waals surface area contributed by atoms with Gasteiger partial charge in [0.25, 0.3) is 0 Å². The van der Waals surface area contributed by atoms with E-state index in [2.05, 4.69) is 15.3 Å². The average molecular weight is 424 g/mol. The predicted molar refractivity (Wildman–Crippen MR) is 115 cm³/mol. The van der Waals surface area contributed by atoms with Crippen molar-refractivity contribution in [2.24, 2.45) is 0 Å². The van der Waals surface area contributed by atoms with E-state index in [4.69, 9.17) is 4.74 Å². The monoisotopic (exact) mass is 423 g/mol. The fraction of sp³-hybridized carbons (Fsp3) is 0.261. The molecule has 0 spiro atoms. The van der Waals surface area contributed by atoms with Gasteiger partial charge < -0.3 is 10.1 Å². The number of amides is 1. The number of pyridine rings is 1. The summed E-state index contributed by atoms with van der Waals surface area (Å²) in [6, 6.07) is 7.97. The van der Waals surface area contributed by atoms with Gasteiger partial charge >= 0.3 is 0 Å². The van der Waals surface area contributed by atoms with E-state index >= 15 is 0 Å². The van der Waals surface area contributed by atoms with Crippen molar-refractivity contribution in [2.75, 3.05) is 6.54 Å². The summed E-state index contributed by atoms with van der Waals surface area (Å²) in [7, 11) is 0. The van der Waals surface area contributed by atoms with Crippen LogP contribution in [0.15, 0.2) is 48.8 Å². The summed E-state index contributed by atoms with van der Waals surface area (Å²) in [4.78, 5) is 22.1. The number of aryl methyl sites for hydroxylation is 2. The van der Waals surface area contributed by atoms with Gasteiger partial charge in [0.1, 0.15) is 5.75 Å². The van der Waals surface area contributed by atoms with Crippen LogP contribution in [-0.2, 0) is 24.1 Å². The van der Waals surface area contributed by atoms with E-state index in [1.807, 2.05) is 0 Å². The third kappa shape index (κ3) is 5.30. The van der Waals surface area contributed by atoms with E-state index in [0.29, 0.717) is 17.9 Å². The topological polar surface area (TPSA) is 64.1 Å². The van der Waals surface area contributed by atoms with E-state index in [0.717, 1.165) is 24.3 Å². The fourth-order valence-electron chi connectivity index (χ4n) is 3.27. The summed E-state index contributed by atoms with van der Waals surface area (Å²) in [5, 5.41) is 3.94. The Morgan fingerprint density at radius 3 is 2.97 bits per heavy atom. The van der Waals surface area contributed by atoms with Crippen LogP contribution in [-0.4, -0.2) is 22.4 Å². The maximum Gasteiger partial charge on any atom is 0.244 e. The first kappa shape index (κ1) is 20.2. The Morgan fingerprint density at radius 1 is 1.27 bits per heavy atom. The Kier molecular flexibility index (Phi) is 6.49. The van der Waals surface area contributed by atoms with Gasteiger partial charge in [-0.25, -0.2) is 9.37 Å². The molecule has 1 aliphatic carbocycles. The zero-order valence-corrected chi connectivity index (χ0v) is 17.3. The number of benzene rings is 1. The molecule has 154 valence electrons. The van der Waals surface area contributed by atoms with Crippen molar-refractivity contribution in [1.82, 2.24) is 15.3 Å². The highest BCUT2D eigenvalue weighted by Gasteiger charge is 2.14. The number of nitrogens with one attached hydrogen (secondary N) is 1. The lowest BCUT2D eigenvalue weighted by molar-refractivity contribution is -0.116. The van der Waals surface area contributed by atoms with Gasteiger partial charge in [-0.3, -0.25) is 9.78 Å². The molecule has 2 aromatic heterocycles. The molecular weight excluding hydrogens is 401 g/mol. The third-order valence-corrected chi connectivity index (χ3v) is 5.99. The smallest absolute Gasteiger partial charge is 0.244 e. The minimum absolute atomic E-state index is 0.107. The molecule has 0 saturated heterocycles. The molecule has 2 heterocycles. The van der Waals surface area contributed by atoms with Crippen molar-refractivity contribution in [3.05, 3.63) is 75.8 Å². The SMILES string of the molecule is O=C(/C=C/c1ccc(Oc2cccnc2)c(F)c1)NCCc1nc2c(s1)CCCC2. The fourth-order valence-corrected chi connectivity index (χ4v) is 4.43. The van der Waals surface area contributed by atoms with E-state index in [1.54, 1.807) is 41.8 Å². The van der Waals surface area contributed by atoms with Crippen LogP contribution >= 0.6 is 11.3 Å². The lowest BCUT2D eigenvalue weighted by Crippen LogP contribution is -2.23. The van der Waals surface area contributed by atoms with Gasteiger partial charge in [0, 0.05) is 30.1 Å². The number of rotatable bonds is 7. The maximum atomic E-state index is 14.3. The van der Waals surface area contributed by atoms with Crippen molar-refractivity contribution in [1.29, 1.82) is 0 Å². The highest BCUT2D eigenvalue weighted by molar-refractivity contribution is 7.11. The standard InChI is InChI=1S/C23H22FN3O2S/c24-18-14-16(7-9-20(18)29-17-4-3-12-25-15-17)8-10-22(28)26-13-11-23-27-19-5-1-2-6-21(19)30-23/h3-4,7-10,12,14-15H,1-2,5-6,11,13H2,(H,26,28)/b10-8+. The lowest BCUT2D eigenvalue weighted by atomic mass is 10.0. The van der Waals surface area contributed by atoms with Crippen LogP contribution in [0.3, 0.4) is 0 Å². The first-order valence-corrected chi connectivity index (χ1v) is 10.8. The molecule has 1 aliphatic rings. The molecule has 0 radical (unpaired) electrons. The highest BCUT2D eigenvalue weighted by atomic mass is 32.1. The van der Waals surface area contributed by atoms with E-state index in [9.17, 15) is 9.18 Å². The molecule has 0 aliphatic heterocycles. The van der Waals surface area contributed by atoms with Crippen molar-refractivity contribution < 1.29 is 13.9 Å². The van der Waals surface area contributed by atoms with Gasteiger partial charge in [-0.2, -0.15) is 0 Å². The third-order valence-electron chi connectivity index (χ3n) is 4.77. The Morgan fingerprint density at radius 2 is 2.17 bits per heavy atom. The highest BCUT2D eigenvalue weighted by Crippen LogP contribution is 2.27. The summed E-state index contributed by atoms with van der Waals surface area (Å²) in [5.74, 6) is -0.155. The molecule has 3 aromatic rings. The number of aromatic nitrogens is 2. The van der Waals surface area contributed by atoms with Gasteiger partial charge in [0.2, 0.25) is 5.91 Å². The number of hydrogen-bond acceptors (Lipinski definition) is 5. The maximum absolute atomic E-state index is 14.3. The average Bonchev–Trinajstić information content (AvgIpc) is 3.17. The number of halogens is 1. The molecule has 0 bridgehead atoms. The molecule has 4 rings (SSSR count). The quantitative estimate of drug-likeness (QED) is 0.559. The van der Waals surface area contributed by atoms with Gasteiger partial charge in [0.05, 0.1) is 16.9 Å². The minimum Gasteiger partial charge on any atom is -0.453 e. The summed E-state index contributed by atoms with van der Waals surface area (Å²) in [6.07, 6.45) is 11.5. The summed E-state index contributed by atoms with van der Waals surface area (Å²) in [6.45, 7) is 0.530. The van der Waals surface area contributed by atoms with E-state index in [1.165, 1.54) is 47.8 Å². The minimum atomic E-state index is -0.505. The summed E-state index contributed by atoms with van der Waals surface area (Å²) in [5.41, 5.74) is 1.82. The predicted octanol–water partition coefficient (Wildman–Crippen LogP) is 4.72. The van der Waals surface area contributed by atoms with Gasteiger partial charge in [0.15, 0.2) is 11.6 Å². The molecule has 1 aromatic carbocycles. The van der Waals surface area contributed by atoms with Gasteiger partial charge in [-0.1, -0.05) is 6.07 Å². The van der Waals surface area contributed by atoms with Crippen molar-refractivity contribution >= 4 is 23.3 Å². The molecule has 5 nitrogen and oxygen atoms in total. The largest absolute Gasteiger partial charge is 0.453 e. The van der Waals surface area contributed by atoms with Crippen LogP contribution in [0.2, 0.25) is 0 Å². The summed E-state index contributed by atoms with van der Waals surface area (Å²) < 4.78 is 19.7. The van der Waals surface area contributed by atoms with Crippen molar-refractivity contribution in [2.45, 2.75) is 32.1 Å². The normalized spacial score (nSPS) is 13.2. The van der Waals surface area contributed by atoms with Crippen LogP contribution in [0.1, 0.15) is 34.0 Å². The number of fused-ring (bicyclic) bond motifs is 1. The zero-order valence-electron chi connectivity index (χ0n) is 16.4. The Balaban J connectivity index is 1.27. The molecule has 30 heavy (non-hydrogen) atoms. The molecule has 0 fully saturated rings. The van der Waals surface area contributed by atoms with Gasteiger partial charge in [-0.05, 0) is 61.6 Å². The Bertz CT molecular complexity index is 1030. The molecule has 1 amide bonds. The first-order valence-electron chi connectivity index (χ1n) is 9.98. The molecule has 1 N–H and O–H groups in total. The number of nitrogens with zero attached hydrogens (tertiary/aromatic N) is 2. The van der Waals surface area contributed by atoms with E-state index in [-0.39, 0.29) is 11.7 Å². The van der Waals surface area contributed by atoms with Crippen LogP contribution in [0.25, 0.3) is 6.08 Å². The molecular formula is C23H22FN3O2S. The zero-order chi connectivity index (χ0) is 20.8. The summed E-state index contributed by atoms with van der Waals surface area (Å²) >= 11 is 1.76. The van der Waals surface area contributed by atoms with Crippen LogP contribution in [0, 0.1) is 5.82 Å². The number of carbonyl (C=O) groups excluding carboxylic acids is 1. The van der Waals surface area contributed by atoms with Crippen molar-refractivity contribution in [3.63, 3.8) is 0 Å². The van der Waals surface area contributed by atoms with Crippen molar-refractivity contribution in [3.8, 4) is 11.5 Å². The second kappa shape index (κ2) is 9.63. The number of hydrogen-bond donors (Lipinski definition) is 1. The van der Waals surface area contributed by atoms with E-state index < -0.39 is 5.82 Å². The first-order chi connectivity index (χ1) is 14.7. The van der Waals surface area contributed by atoms with Crippen LogP contribution < -0.4 is 10.1 Å². The van der Waals surface area contributed by atoms with Gasteiger partial charge in [-0.15, -0.1) is 11.3 Å². The van der Waals surface area contributed by atoms with Crippen LogP contribution in [0.4, 0.5) is 4.39 Å². The molecule has 0 atom stereocenters. The second-order valence-corrected chi connectivity index (χ2v) is 8.21. The number of carbonyl (C=O) groups is 1.